The molecule has 0 bridgehead atoms. The molecule has 0 amide bonds. The minimum atomic E-state index is 0.803. The zero-order valence-corrected chi connectivity index (χ0v) is 50.2. The van der Waals surface area contributed by atoms with Crippen LogP contribution in [0.5, 0.6) is 34.5 Å². The number of methoxy groups -OCH3 is 6. The van der Waals surface area contributed by atoms with E-state index in [1.807, 2.05) is 72.8 Å². The lowest BCUT2D eigenvalue weighted by atomic mass is 10.1. The first-order valence-electron chi connectivity index (χ1n) is 27.5. The first kappa shape index (κ1) is 55.6. The molecule has 9 aromatic carbocycles. The molecular formula is C72H60N4O6S3. The van der Waals surface area contributed by atoms with Crippen LogP contribution in [-0.4, -0.2) is 42.7 Å². The van der Waals surface area contributed by atoms with E-state index in [0.717, 1.165) is 132 Å². The second kappa shape index (κ2) is 25.3. The lowest BCUT2D eigenvalue weighted by Crippen LogP contribution is -2.09. The van der Waals surface area contributed by atoms with E-state index < -0.39 is 0 Å². The summed E-state index contributed by atoms with van der Waals surface area (Å²) in [5.41, 5.74) is 12.6. The molecule has 422 valence electrons. The molecule has 0 atom stereocenters. The Morgan fingerprint density at radius 3 is 0.529 bits per heavy atom. The second-order valence-corrected chi connectivity index (χ2v) is 22.8. The SMILES string of the molecule is COc1ccc(N(c2ccc(OC)cc2)c2ccc(-c3ccc(N(c4ccc(-c5ccc(N(c6ccc(OC)cc6)c6ccc(OC)cc6)s5)cc4)c4ccc(-c5ccc(N(c6ccc(OC)cc6)c6ccc(OC)cc6)s5)cc4)cc3)s2)cc1. The lowest BCUT2D eigenvalue weighted by molar-refractivity contribution is 0.414. The molecule has 0 radical (unpaired) electrons. The molecule has 10 nitrogen and oxygen atoms in total. The number of hydrogen-bond acceptors (Lipinski definition) is 13. The van der Waals surface area contributed by atoms with Gasteiger partial charge in [0.25, 0.3) is 0 Å². The van der Waals surface area contributed by atoms with Crippen molar-refractivity contribution in [3.63, 3.8) is 0 Å². The van der Waals surface area contributed by atoms with E-state index in [2.05, 4.69) is 202 Å². The van der Waals surface area contributed by atoms with Crippen molar-refractivity contribution in [1.29, 1.82) is 0 Å². The van der Waals surface area contributed by atoms with Crippen molar-refractivity contribution in [2.45, 2.75) is 0 Å². The number of hydrogen-bond donors (Lipinski definition) is 0. The van der Waals surface area contributed by atoms with Crippen molar-refractivity contribution < 1.29 is 28.4 Å². The molecule has 0 saturated heterocycles. The molecule has 12 rings (SSSR count). The van der Waals surface area contributed by atoms with Crippen molar-refractivity contribution >= 4 is 100 Å². The number of benzene rings is 9. The molecular weight excluding hydrogens is 1110 g/mol. The highest BCUT2D eigenvalue weighted by atomic mass is 32.1. The summed E-state index contributed by atoms with van der Waals surface area (Å²) in [5, 5.41) is 3.24. The number of anilines is 12. The molecule has 85 heavy (non-hydrogen) atoms. The van der Waals surface area contributed by atoms with E-state index >= 15 is 0 Å². The van der Waals surface area contributed by atoms with E-state index in [-0.39, 0.29) is 0 Å². The van der Waals surface area contributed by atoms with Crippen molar-refractivity contribution in [3.8, 4) is 65.8 Å². The van der Waals surface area contributed by atoms with Crippen LogP contribution in [0.2, 0.25) is 0 Å². The Morgan fingerprint density at radius 1 is 0.188 bits per heavy atom. The van der Waals surface area contributed by atoms with Crippen LogP contribution < -0.4 is 48.0 Å². The largest absolute Gasteiger partial charge is 0.497 e. The van der Waals surface area contributed by atoms with E-state index in [0.29, 0.717) is 0 Å². The van der Waals surface area contributed by atoms with Crippen molar-refractivity contribution in [2.75, 3.05) is 62.3 Å². The van der Waals surface area contributed by atoms with Gasteiger partial charge in [-0.1, -0.05) is 36.4 Å². The summed E-state index contributed by atoms with van der Waals surface area (Å²) in [6.45, 7) is 0. The van der Waals surface area contributed by atoms with E-state index in [4.69, 9.17) is 28.4 Å². The molecule has 0 spiro atoms. The summed E-state index contributed by atoms with van der Waals surface area (Å²) >= 11 is 5.23. The summed E-state index contributed by atoms with van der Waals surface area (Å²) in [7, 11) is 10.1. The molecule has 0 N–H and O–H groups in total. The molecule has 0 aliphatic carbocycles. The number of ether oxygens (including phenoxy) is 6. The first-order chi connectivity index (χ1) is 41.8. The zero-order valence-electron chi connectivity index (χ0n) is 47.7. The predicted octanol–water partition coefficient (Wildman–Crippen LogP) is 20.8. The van der Waals surface area contributed by atoms with Crippen LogP contribution in [0, 0.1) is 0 Å². The third-order valence-electron chi connectivity index (χ3n) is 14.7. The molecule has 3 heterocycles. The van der Waals surface area contributed by atoms with Gasteiger partial charge < -0.3 is 48.0 Å². The van der Waals surface area contributed by atoms with Crippen LogP contribution in [-0.2, 0) is 0 Å². The summed E-state index contributed by atoms with van der Waals surface area (Å²) in [6.07, 6.45) is 0. The summed E-state index contributed by atoms with van der Waals surface area (Å²) in [6, 6.07) is 88.8. The van der Waals surface area contributed by atoms with Crippen molar-refractivity contribution in [1.82, 2.24) is 0 Å². The van der Waals surface area contributed by atoms with Crippen LogP contribution in [0.25, 0.3) is 31.3 Å². The van der Waals surface area contributed by atoms with Gasteiger partial charge in [0, 0.05) is 65.8 Å². The van der Waals surface area contributed by atoms with E-state index in [9.17, 15) is 0 Å². The second-order valence-electron chi connectivity index (χ2n) is 19.6. The highest BCUT2D eigenvalue weighted by Gasteiger charge is 2.21. The Hall–Kier alpha value is -9.92. The quantitative estimate of drug-likeness (QED) is 0.0695. The third kappa shape index (κ3) is 12.0. The fraction of sp³-hybridized carbons (Fsp3) is 0.0833. The van der Waals surface area contributed by atoms with Crippen LogP contribution >= 0.6 is 34.0 Å². The fourth-order valence-electron chi connectivity index (χ4n) is 10.2. The monoisotopic (exact) mass is 1170 g/mol. The highest BCUT2D eigenvalue weighted by molar-refractivity contribution is 7.20. The van der Waals surface area contributed by atoms with Gasteiger partial charge in [0.05, 0.1) is 42.7 Å². The van der Waals surface area contributed by atoms with Gasteiger partial charge in [-0.2, -0.15) is 0 Å². The fourth-order valence-corrected chi connectivity index (χ4v) is 13.3. The maximum Gasteiger partial charge on any atom is 0.119 e. The molecule has 0 aliphatic rings. The topological polar surface area (TPSA) is 68.3 Å². The Balaban J connectivity index is 0.876. The molecule has 0 unspecified atom stereocenters. The minimum absolute atomic E-state index is 0.803. The highest BCUT2D eigenvalue weighted by Crippen LogP contribution is 2.48. The third-order valence-corrected chi connectivity index (χ3v) is 18.0. The van der Waals surface area contributed by atoms with Gasteiger partial charge in [-0.25, -0.2) is 0 Å². The maximum atomic E-state index is 5.52. The minimum Gasteiger partial charge on any atom is -0.497 e. The van der Waals surface area contributed by atoms with Gasteiger partial charge in [0.1, 0.15) is 49.5 Å². The van der Waals surface area contributed by atoms with Crippen LogP contribution in [0.1, 0.15) is 0 Å². The van der Waals surface area contributed by atoms with E-state index in [1.54, 1.807) is 76.7 Å². The molecule has 0 aliphatic heterocycles. The lowest BCUT2D eigenvalue weighted by Gasteiger charge is -2.26. The molecule has 3 aromatic heterocycles. The summed E-state index contributed by atoms with van der Waals surface area (Å²) in [4.78, 5) is 12.6. The summed E-state index contributed by atoms with van der Waals surface area (Å²) in [5.74, 6) is 4.82. The van der Waals surface area contributed by atoms with Gasteiger partial charge in [0.15, 0.2) is 0 Å². The Morgan fingerprint density at radius 2 is 0.353 bits per heavy atom. The Kier molecular flexibility index (Phi) is 16.5. The Labute approximate surface area is 508 Å². The van der Waals surface area contributed by atoms with Gasteiger partial charge in [0.2, 0.25) is 0 Å². The van der Waals surface area contributed by atoms with Crippen LogP contribution in [0.15, 0.2) is 255 Å². The predicted molar refractivity (Wildman–Crippen MR) is 354 cm³/mol. The van der Waals surface area contributed by atoms with Gasteiger partial charge in [-0.15, -0.1) is 34.0 Å². The molecule has 12 aromatic rings. The van der Waals surface area contributed by atoms with Crippen molar-refractivity contribution in [3.05, 3.63) is 255 Å². The number of thiophene rings is 3. The average molecular weight is 1170 g/mol. The van der Waals surface area contributed by atoms with Crippen LogP contribution in [0.4, 0.5) is 66.2 Å². The molecule has 0 fully saturated rings. The smallest absolute Gasteiger partial charge is 0.119 e. The van der Waals surface area contributed by atoms with Crippen molar-refractivity contribution in [2.24, 2.45) is 0 Å². The van der Waals surface area contributed by atoms with E-state index in [1.165, 1.54) is 0 Å². The standard InChI is InChI=1S/C72H60N4O6S3/c1-77-61-31-19-55(20-32-61)74(56-21-33-62(78-2)34-22-56)70-46-43-67(83-70)49-7-13-52(14-8-49)73(53-15-9-50(10-16-53)68-44-47-71(84-68)75(57-23-35-63(79-3)36-24-57)58-25-37-64(80-4)38-26-58)54-17-11-51(12-18-54)69-45-48-72(85-69)76(59-27-39-65(81-5)40-28-59)60-29-41-66(82-6)42-30-60/h7-48H,1-6H3. The normalized spacial score (nSPS) is 10.9. The van der Waals surface area contributed by atoms with Gasteiger partial charge in [-0.05, 0) is 235 Å². The average Bonchev–Trinajstić information content (AvgIpc) is 4.51. The van der Waals surface area contributed by atoms with Gasteiger partial charge in [-0.3, -0.25) is 0 Å². The number of nitrogens with zero attached hydrogens (tertiary/aromatic N) is 4. The molecule has 0 saturated carbocycles. The molecule has 13 heteroatoms. The maximum absolute atomic E-state index is 5.52. The zero-order chi connectivity index (χ0) is 58.2. The Bertz CT molecular complexity index is 3540. The first-order valence-corrected chi connectivity index (χ1v) is 29.9. The van der Waals surface area contributed by atoms with Gasteiger partial charge >= 0.3 is 0 Å². The number of rotatable bonds is 21. The van der Waals surface area contributed by atoms with Crippen LogP contribution in [0.3, 0.4) is 0 Å². The summed E-state index contributed by atoms with van der Waals surface area (Å²) < 4.78 is 33.1.